The summed E-state index contributed by atoms with van der Waals surface area (Å²) in [5.41, 5.74) is 5.21. The molecule has 0 bridgehead atoms. The summed E-state index contributed by atoms with van der Waals surface area (Å²) < 4.78 is 2.19. The van der Waals surface area contributed by atoms with Crippen LogP contribution in [-0.2, 0) is 18.5 Å². The molecular formula is C16H25N5. The third-order valence-corrected chi connectivity index (χ3v) is 4.29. The molecule has 5 nitrogen and oxygen atoms in total. The third-order valence-electron chi connectivity index (χ3n) is 4.29. The lowest BCUT2D eigenvalue weighted by molar-refractivity contribution is 0.334. The largest absolute Gasteiger partial charge is 0.306 e. The van der Waals surface area contributed by atoms with Crippen molar-refractivity contribution in [2.75, 3.05) is 0 Å². The molecule has 5 heteroatoms. The van der Waals surface area contributed by atoms with Crippen LogP contribution in [0.25, 0.3) is 0 Å². The highest BCUT2D eigenvalue weighted by atomic mass is 15.3. The Hall–Kier alpha value is -1.62. The molecule has 3 rings (SSSR count). The Bertz CT molecular complexity index is 617. The number of aryl methyl sites for hydroxylation is 1. The summed E-state index contributed by atoms with van der Waals surface area (Å²) in [5, 5.41) is 15.4. The highest BCUT2D eigenvalue weighted by Gasteiger charge is 2.27. The van der Waals surface area contributed by atoms with Gasteiger partial charge in [-0.25, -0.2) is 0 Å². The van der Waals surface area contributed by atoms with Gasteiger partial charge in [-0.2, -0.15) is 10.2 Å². The maximum absolute atomic E-state index is 4.64. The van der Waals surface area contributed by atoms with Gasteiger partial charge in [-0.3, -0.25) is 9.78 Å². The topological polar surface area (TPSA) is 58.5 Å². The number of rotatable bonds is 3. The van der Waals surface area contributed by atoms with Crippen LogP contribution in [0.1, 0.15) is 62.2 Å². The number of hydrogen-bond acceptors (Lipinski definition) is 3. The Morgan fingerprint density at radius 3 is 2.86 bits per heavy atom. The Labute approximate surface area is 126 Å². The van der Waals surface area contributed by atoms with Crippen LogP contribution in [0.15, 0.2) is 12.4 Å². The van der Waals surface area contributed by atoms with Crippen LogP contribution in [0.5, 0.6) is 0 Å². The average Bonchev–Trinajstić information content (AvgIpc) is 3.02. The van der Waals surface area contributed by atoms with Gasteiger partial charge in [0, 0.05) is 35.1 Å². The molecular weight excluding hydrogens is 262 g/mol. The molecule has 21 heavy (non-hydrogen) atoms. The summed E-state index contributed by atoms with van der Waals surface area (Å²) in [6, 6.07) is 0.402. The SMILES string of the molecule is Cc1[nH]ncc1CN[C@@H]1CCCc2c1cnn2C(C)(C)C. The number of fused-ring (bicyclic) bond motifs is 1. The van der Waals surface area contributed by atoms with Crippen molar-refractivity contribution in [1.82, 2.24) is 25.3 Å². The maximum Gasteiger partial charge on any atom is 0.0546 e. The van der Waals surface area contributed by atoms with E-state index >= 15 is 0 Å². The maximum atomic E-state index is 4.64. The van der Waals surface area contributed by atoms with Crippen molar-refractivity contribution in [1.29, 1.82) is 0 Å². The molecule has 0 saturated carbocycles. The quantitative estimate of drug-likeness (QED) is 0.912. The fraction of sp³-hybridized carbons (Fsp3) is 0.625. The van der Waals surface area contributed by atoms with Crippen molar-refractivity contribution in [3.63, 3.8) is 0 Å². The first-order valence-electron chi connectivity index (χ1n) is 7.76. The fourth-order valence-electron chi connectivity index (χ4n) is 3.13. The number of aromatic nitrogens is 4. The van der Waals surface area contributed by atoms with Gasteiger partial charge in [0.15, 0.2) is 0 Å². The van der Waals surface area contributed by atoms with Crippen LogP contribution in [0.2, 0.25) is 0 Å². The molecule has 0 spiro atoms. The van der Waals surface area contributed by atoms with E-state index in [2.05, 4.69) is 59.2 Å². The van der Waals surface area contributed by atoms with Gasteiger partial charge in [0.25, 0.3) is 0 Å². The molecule has 2 heterocycles. The normalized spacial score (nSPS) is 18.8. The second-order valence-corrected chi connectivity index (χ2v) is 6.98. The Kier molecular flexibility index (Phi) is 3.61. The average molecular weight is 287 g/mol. The zero-order chi connectivity index (χ0) is 15.0. The second-order valence-electron chi connectivity index (χ2n) is 6.98. The van der Waals surface area contributed by atoms with Crippen molar-refractivity contribution >= 4 is 0 Å². The second kappa shape index (κ2) is 5.30. The molecule has 2 N–H and O–H groups in total. The van der Waals surface area contributed by atoms with E-state index in [1.807, 2.05) is 6.20 Å². The summed E-state index contributed by atoms with van der Waals surface area (Å²) >= 11 is 0. The molecule has 0 aromatic carbocycles. The van der Waals surface area contributed by atoms with Crippen LogP contribution in [-0.4, -0.2) is 20.0 Å². The molecule has 1 aliphatic carbocycles. The predicted molar refractivity (Wildman–Crippen MR) is 83.1 cm³/mol. The summed E-state index contributed by atoms with van der Waals surface area (Å²) in [6.45, 7) is 9.56. The van der Waals surface area contributed by atoms with Gasteiger partial charge < -0.3 is 5.32 Å². The van der Waals surface area contributed by atoms with E-state index in [1.54, 1.807) is 0 Å². The van der Waals surface area contributed by atoms with Gasteiger partial charge in [-0.1, -0.05) is 0 Å². The smallest absolute Gasteiger partial charge is 0.0546 e. The highest BCUT2D eigenvalue weighted by molar-refractivity contribution is 5.26. The Morgan fingerprint density at radius 1 is 1.38 bits per heavy atom. The van der Waals surface area contributed by atoms with E-state index in [4.69, 9.17) is 0 Å². The molecule has 0 fully saturated rings. The summed E-state index contributed by atoms with van der Waals surface area (Å²) in [5.74, 6) is 0. The van der Waals surface area contributed by atoms with E-state index in [0.717, 1.165) is 18.7 Å². The van der Waals surface area contributed by atoms with Crippen LogP contribution in [0, 0.1) is 6.92 Å². The molecule has 0 unspecified atom stereocenters. The Balaban J connectivity index is 1.78. The minimum atomic E-state index is 0.0522. The minimum Gasteiger partial charge on any atom is -0.306 e. The molecule has 0 aliphatic heterocycles. The number of nitrogens with one attached hydrogen (secondary N) is 2. The molecule has 0 radical (unpaired) electrons. The van der Waals surface area contributed by atoms with E-state index < -0.39 is 0 Å². The zero-order valence-electron chi connectivity index (χ0n) is 13.4. The number of aromatic amines is 1. The van der Waals surface area contributed by atoms with Crippen molar-refractivity contribution in [3.8, 4) is 0 Å². The minimum absolute atomic E-state index is 0.0522. The lowest BCUT2D eigenvalue weighted by atomic mass is 9.92. The fourth-order valence-corrected chi connectivity index (χ4v) is 3.13. The molecule has 1 atom stereocenters. The van der Waals surface area contributed by atoms with Crippen molar-refractivity contribution in [2.45, 2.75) is 65.1 Å². The van der Waals surface area contributed by atoms with Crippen molar-refractivity contribution < 1.29 is 0 Å². The van der Waals surface area contributed by atoms with E-state index in [0.29, 0.717) is 6.04 Å². The standard InChI is InChI=1S/C16H25N5/c1-11-12(9-18-20-11)8-17-14-6-5-7-15-13(14)10-19-21(15)16(2,3)4/h9-10,14,17H,5-8H2,1-4H3,(H,18,20)/t14-/m1/s1. The van der Waals surface area contributed by atoms with Gasteiger partial charge in [-0.15, -0.1) is 0 Å². The van der Waals surface area contributed by atoms with E-state index in [-0.39, 0.29) is 5.54 Å². The number of nitrogens with zero attached hydrogens (tertiary/aromatic N) is 3. The number of H-pyrrole nitrogens is 1. The van der Waals surface area contributed by atoms with Gasteiger partial charge >= 0.3 is 0 Å². The molecule has 0 amide bonds. The predicted octanol–water partition coefficient (Wildman–Crippen LogP) is 2.84. The first kappa shape index (κ1) is 14.3. The van der Waals surface area contributed by atoms with E-state index in [9.17, 15) is 0 Å². The molecule has 1 aliphatic rings. The van der Waals surface area contributed by atoms with Gasteiger partial charge in [-0.05, 0) is 47.0 Å². The Morgan fingerprint density at radius 2 is 2.19 bits per heavy atom. The van der Waals surface area contributed by atoms with Gasteiger partial charge in [0.1, 0.15) is 0 Å². The molecule has 2 aromatic rings. The number of hydrogen-bond donors (Lipinski definition) is 2. The van der Waals surface area contributed by atoms with Crippen LogP contribution < -0.4 is 5.32 Å². The zero-order valence-corrected chi connectivity index (χ0v) is 13.4. The lowest BCUT2D eigenvalue weighted by Crippen LogP contribution is -2.29. The van der Waals surface area contributed by atoms with Gasteiger partial charge in [0.2, 0.25) is 0 Å². The van der Waals surface area contributed by atoms with Gasteiger partial charge in [0.05, 0.1) is 17.9 Å². The van der Waals surface area contributed by atoms with Crippen molar-refractivity contribution in [3.05, 3.63) is 34.9 Å². The lowest BCUT2D eigenvalue weighted by Gasteiger charge is -2.28. The molecule has 0 saturated heterocycles. The third kappa shape index (κ3) is 2.75. The first-order chi connectivity index (χ1) is 9.97. The van der Waals surface area contributed by atoms with Crippen LogP contribution in [0.3, 0.4) is 0 Å². The van der Waals surface area contributed by atoms with Crippen molar-refractivity contribution in [2.24, 2.45) is 0 Å². The molecule has 2 aromatic heterocycles. The summed E-state index contributed by atoms with van der Waals surface area (Å²) in [7, 11) is 0. The summed E-state index contributed by atoms with van der Waals surface area (Å²) in [4.78, 5) is 0. The van der Waals surface area contributed by atoms with Crippen LogP contribution >= 0.6 is 0 Å². The first-order valence-corrected chi connectivity index (χ1v) is 7.76. The van der Waals surface area contributed by atoms with Crippen LogP contribution in [0.4, 0.5) is 0 Å². The van der Waals surface area contributed by atoms with E-state index in [1.165, 1.54) is 29.7 Å². The highest BCUT2D eigenvalue weighted by Crippen LogP contribution is 2.32. The monoisotopic (exact) mass is 287 g/mol. The summed E-state index contributed by atoms with van der Waals surface area (Å²) in [6.07, 6.45) is 7.50. The molecule has 114 valence electrons.